The summed E-state index contributed by atoms with van der Waals surface area (Å²) in [5.41, 5.74) is -1.62. The van der Waals surface area contributed by atoms with E-state index in [2.05, 4.69) is 10.6 Å². The lowest BCUT2D eigenvalue weighted by Crippen LogP contribution is -2.41. The maximum atomic E-state index is 13.4. The van der Waals surface area contributed by atoms with E-state index in [0.717, 1.165) is 28.8 Å². The molecule has 0 aromatic heterocycles. The van der Waals surface area contributed by atoms with Gasteiger partial charge in [0.1, 0.15) is 0 Å². The van der Waals surface area contributed by atoms with Gasteiger partial charge in [0.25, 0.3) is 0 Å². The number of carbonyl (C=O) groups is 1. The second-order valence-electron chi connectivity index (χ2n) is 7.92. The Morgan fingerprint density at radius 3 is 2.45 bits per heavy atom. The lowest BCUT2D eigenvalue weighted by atomic mass is 9.80. The number of hydrogen-bond donors (Lipinski definition) is 3. The number of hydrogen-bond acceptors (Lipinski definition) is 4. The van der Waals surface area contributed by atoms with Crippen LogP contribution in [0.3, 0.4) is 0 Å². The van der Waals surface area contributed by atoms with Gasteiger partial charge in [-0.1, -0.05) is 23.9 Å². The van der Waals surface area contributed by atoms with Gasteiger partial charge >= 0.3 is 6.18 Å². The lowest BCUT2D eigenvalue weighted by Gasteiger charge is -2.35. The molecule has 0 radical (unpaired) electrons. The van der Waals surface area contributed by atoms with E-state index >= 15 is 0 Å². The van der Waals surface area contributed by atoms with Crippen molar-refractivity contribution in [2.45, 2.75) is 59.6 Å². The number of benzene rings is 2. The molecule has 1 aliphatic carbocycles. The molecule has 31 heavy (non-hydrogen) atoms. The number of aliphatic hydroxyl groups is 1. The van der Waals surface area contributed by atoms with Gasteiger partial charge < -0.3 is 15.7 Å². The maximum Gasteiger partial charge on any atom is 0.416 e. The Morgan fingerprint density at radius 2 is 1.77 bits per heavy atom. The standard InChI is InChI=1S/C21H19F5N2O2S/c22-20(23)7-5-19(30,6-8-20)11-17(29)27-14-9-12(21(24,25)26)10-16-18(14)28-13-3-1-2-4-15(13)31-16/h1-4,9-10,28,30H,5-8,11H2,(H,27,29). The summed E-state index contributed by atoms with van der Waals surface area (Å²) in [6, 6.07) is 8.91. The van der Waals surface area contributed by atoms with Gasteiger partial charge in [0.15, 0.2) is 0 Å². The van der Waals surface area contributed by atoms with Gasteiger partial charge in [-0.25, -0.2) is 8.78 Å². The summed E-state index contributed by atoms with van der Waals surface area (Å²) < 4.78 is 67.0. The van der Waals surface area contributed by atoms with E-state index in [1.807, 2.05) is 0 Å². The number of fused-ring (bicyclic) bond motifs is 2. The molecule has 0 bridgehead atoms. The molecule has 0 spiro atoms. The summed E-state index contributed by atoms with van der Waals surface area (Å²) in [7, 11) is 0. The fraction of sp³-hybridized carbons (Fsp3) is 0.381. The third-order valence-electron chi connectivity index (χ3n) is 5.47. The van der Waals surface area contributed by atoms with Gasteiger partial charge in [0.2, 0.25) is 11.8 Å². The molecule has 4 nitrogen and oxygen atoms in total. The topological polar surface area (TPSA) is 61.4 Å². The van der Waals surface area contributed by atoms with Gasteiger partial charge in [-0.05, 0) is 37.1 Å². The Morgan fingerprint density at radius 1 is 1.10 bits per heavy atom. The van der Waals surface area contributed by atoms with Gasteiger partial charge in [0.05, 0.1) is 34.6 Å². The summed E-state index contributed by atoms with van der Waals surface area (Å²) in [6.07, 6.45) is -6.68. The number of rotatable bonds is 3. The number of anilines is 3. The zero-order chi connectivity index (χ0) is 22.4. The van der Waals surface area contributed by atoms with Crippen LogP contribution in [0.2, 0.25) is 0 Å². The maximum absolute atomic E-state index is 13.4. The van der Waals surface area contributed by atoms with Gasteiger partial charge in [-0.15, -0.1) is 0 Å². The molecule has 3 N–H and O–H groups in total. The Balaban J connectivity index is 1.60. The van der Waals surface area contributed by atoms with E-state index in [1.54, 1.807) is 24.3 Å². The number of carbonyl (C=O) groups excluding carboxylic acids is 1. The van der Waals surface area contributed by atoms with Crippen LogP contribution in [0.1, 0.15) is 37.7 Å². The van der Waals surface area contributed by atoms with Crippen LogP contribution in [0.15, 0.2) is 46.2 Å². The predicted molar refractivity (Wildman–Crippen MR) is 107 cm³/mol. The predicted octanol–water partition coefficient (Wildman–Crippen LogP) is 6.18. The van der Waals surface area contributed by atoms with E-state index in [1.165, 1.54) is 0 Å². The monoisotopic (exact) mass is 458 g/mol. The summed E-state index contributed by atoms with van der Waals surface area (Å²) in [6.45, 7) is 0. The number of nitrogens with one attached hydrogen (secondary N) is 2. The molecule has 1 heterocycles. The van der Waals surface area contributed by atoms with Crippen molar-refractivity contribution in [2.75, 3.05) is 10.6 Å². The summed E-state index contributed by atoms with van der Waals surface area (Å²) in [5.74, 6) is -3.61. The van der Waals surface area contributed by atoms with Crippen LogP contribution in [0.4, 0.5) is 39.0 Å². The van der Waals surface area contributed by atoms with Crippen molar-refractivity contribution in [3.63, 3.8) is 0 Å². The molecule has 166 valence electrons. The van der Waals surface area contributed by atoms with Crippen LogP contribution >= 0.6 is 11.8 Å². The first kappa shape index (κ1) is 21.9. The molecule has 4 rings (SSSR count). The van der Waals surface area contributed by atoms with E-state index in [0.29, 0.717) is 16.3 Å². The van der Waals surface area contributed by atoms with E-state index < -0.39 is 48.4 Å². The van der Waals surface area contributed by atoms with Gasteiger partial charge in [-0.2, -0.15) is 13.2 Å². The van der Waals surface area contributed by atoms with Crippen molar-refractivity contribution in [2.24, 2.45) is 0 Å². The highest BCUT2D eigenvalue weighted by molar-refractivity contribution is 7.99. The molecule has 1 fully saturated rings. The van der Waals surface area contributed by atoms with Crippen molar-refractivity contribution in [1.82, 2.24) is 0 Å². The molecule has 2 aromatic rings. The minimum atomic E-state index is -4.63. The van der Waals surface area contributed by atoms with Crippen LogP contribution < -0.4 is 10.6 Å². The smallest absolute Gasteiger partial charge is 0.389 e. The highest BCUT2D eigenvalue weighted by Gasteiger charge is 2.43. The Hall–Kier alpha value is -2.33. The van der Waals surface area contributed by atoms with Crippen molar-refractivity contribution >= 4 is 34.7 Å². The average molecular weight is 458 g/mol. The zero-order valence-electron chi connectivity index (χ0n) is 16.2. The molecule has 0 unspecified atom stereocenters. The van der Waals surface area contributed by atoms with E-state index in [4.69, 9.17) is 0 Å². The van der Waals surface area contributed by atoms with Crippen molar-refractivity contribution in [3.8, 4) is 0 Å². The molecule has 0 saturated heterocycles. The molecular weight excluding hydrogens is 439 g/mol. The molecule has 1 aliphatic heterocycles. The van der Waals surface area contributed by atoms with Crippen molar-refractivity contribution in [1.29, 1.82) is 0 Å². The van der Waals surface area contributed by atoms with E-state index in [9.17, 15) is 31.9 Å². The minimum absolute atomic E-state index is 0.0819. The number of alkyl halides is 5. The second-order valence-corrected chi connectivity index (χ2v) is 9.01. The minimum Gasteiger partial charge on any atom is -0.389 e. The SMILES string of the molecule is O=C(CC1(O)CCC(F)(F)CC1)Nc1cc(C(F)(F)F)cc2c1Nc1ccccc1S2. The molecule has 1 saturated carbocycles. The van der Waals surface area contributed by atoms with Crippen LogP contribution in [0.5, 0.6) is 0 Å². The van der Waals surface area contributed by atoms with Gasteiger partial charge in [-0.3, -0.25) is 4.79 Å². The number of para-hydroxylation sites is 1. The van der Waals surface area contributed by atoms with Crippen LogP contribution in [0.25, 0.3) is 0 Å². The highest BCUT2D eigenvalue weighted by Crippen LogP contribution is 2.49. The van der Waals surface area contributed by atoms with E-state index in [-0.39, 0.29) is 18.5 Å². The van der Waals surface area contributed by atoms with Crippen LogP contribution in [-0.2, 0) is 11.0 Å². The molecule has 10 heteroatoms. The Bertz CT molecular complexity index is 1020. The molecular formula is C21H19F5N2O2S. The summed E-state index contributed by atoms with van der Waals surface area (Å²) in [4.78, 5) is 13.6. The zero-order valence-corrected chi connectivity index (χ0v) is 17.0. The molecule has 1 amide bonds. The first-order chi connectivity index (χ1) is 14.4. The Kier molecular flexibility index (Phi) is 5.41. The van der Waals surface area contributed by atoms with Crippen LogP contribution in [0, 0.1) is 0 Å². The fourth-order valence-electron chi connectivity index (χ4n) is 3.75. The largest absolute Gasteiger partial charge is 0.416 e. The number of halogens is 5. The third kappa shape index (κ3) is 4.79. The molecule has 0 atom stereocenters. The quantitative estimate of drug-likeness (QED) is 0.410. The van der Waals surface area contributed by atoms with Crippen molar-refractivity contribution < 1.29 is 31.9 Å². The normalized spacial score (nSPS) is 19.0. The van der Waals surface area contributed by atoms with Crippen molar-refractivity contribution in [3.05, 3.63) is 42.0 Å². The lowest BCUT2D eigenvalue weighted by molar-refractivity contribution is -0.137. The van der Waals surface area contributed by atoms with Crippen LogP contribution in [-0.4, -0.2) is 22.5 Å². The first-order valence-corrected chi connectivity index (χ1v) is 10.5. The fourth-order valence-corrected chi connectivity index (χ4v) is 4.81. The second kappa shape index (κ2) is 7.67. The Labute approximate surface area is 179 Å². The number of amides is 1. The highest BCUT2D eigenvalue weighted by atomic mass is 32.2. The molecule has 2 aliphatic rings. The average Bonchev–Trinajstić information content (AvgIpc) is 2.68. The molecule has 2 aromatic carbocycles. The summed E-state index contributed by atoms with van der Waals surface area (Å²) >= 11 is 1.14. The summed E-state index contributed by atoms with van der Waals surface area (Å²) in [5, 5.41) is 16.0. The third-order valence-corrected chi connectivity index (χ3v) is 6.59. The van der Waals surface area contributed by atoms with Gasteiger partial charge in [0, 0.05) is 22.6 Å². The first-order valence-electron chi connectivity index (χ1n) is 9.63.